The van der Waals surface area contributed by atoms with Crippen molar-refractivity contribution in [2.24, 2.45) is 0 Å². The Morgan fingerprint density at radius 1 is 1.16 bits per heavy atom. The third-order valence-electron chi connectivity index (χ3n) is 8.18. The molecule has 1 saturated heterocycles. The number of aryl methyl sites for hydroxylation is 1. The number of benzene rings is 1. The third kappa shape index (κ3) is 5.47. The topological polar surface area (TPSA) is 111 Å². The number of piperazine rings is 1. The van der Waals surface area contributed by atoms with Gasteiger partial charge >= 0.3 is 11.7 Å². The molecule has 4 heterocycles. The van der Waals surface area contributed by atoms with Gasteiger partial charge in [-0.25, -0.2) is 14.3 Å². The largest absolute Gasteiger partial charge is 0.496 e. The molecule has 224 valence electrons. The number of nitrogens with zero attached hydrogens (tertiary/aromatic N) is 5. The second kappa shape index (κ2) is 11.8. The van der Waals surface area contributed by atoms with Gasteiger partial charge in [0.2, 0.25) is 0 Å². The van der Waals surface area contributed by atoms with Crippen LogP contribution in [0.1, 0.15) is 68.7 Å². The van der Waals surface area contributed by atoms with Gasteiger partial charge in [-0.15, -0.1) is 0 Å². The maximum Gasteiger partial charge on any atom is 0.355 e. The molecule has 2 aliphatic rings. The SMILES string of the molecule is CCC(=O)OC1CN(c2nc(=O)n(-c3c(C)ccnc3C(C)C)c3nc(-c4ccccc4OC)c(C4CC4)cc23)CCN1. The summed E-state index contributed by atoms with van der Waals surface area (Å²) < 4.78 is 13.0. The molecule has 0 radical (unpaired) electrons. The summed E-state index contributed by atoms with van der Waals surface area (Å²) in [6.07, 6.45) is 3.70. The number of methoxy groups -OCH3 is 1. The highest BCUT2D eigenvalue weighted by atomic mass is 16.6. The van der Waals surface area contributed by atoms with Crippen molar-refractivity contribution >= 4 is 22.8 Å². The van der Waals surface area contributed by atoms with E-state index < -0.39 is 11.9 Å². The van der Waals surface area contributed by atoms with Gasteiger partial charge in [0.1, 0.15) is 11.6 Å². The summed E-state index contributed by atoms with van der Waals surface area (Å²) in [5, 5.41) is 4.04. The molecule has 1 N–H and O–H groups in total. The van der Waals surface area contributed by atoms with Gasteiger partial charge in [-0.2, -0.15) is 4.98 Å². The van der Waals surface area contributed by atoms with Crippen LogP contribution in [0.5, 0.6) is 5.75 Å². The summed E-state index contributed by atoms with van der Waals surface area (Å²) in [4.78, 5) is 43.0. The van der Waals surface area contributed by atoms with Gasteiger partial charge < -0.3 is 14.4 Å². The number of carbonyl (C=O) groups is 1. The van der Waals surface area contributed by atoms with E-state index >= 15 is 0 Å². The number of pyridine rings is 2. The number of nitrogens with one attached hydrogen (secondary N) is 1. The number of aromatic nitrogens is 4. The lowest BCUT2D eigenvalue weighted by molar-refractivity contribution is -0.150. The summed E-state index contributed by atoms with van der Waals surface area (Å²) in [5.74, 6) is 1.42. The van der Waals surface area contributed by atoms with Crippen molar-refractivity contribution in [2.45, 2.75) is 65.0 Å². The Morgan fingerprint density at radius 2 is 1.95 bits per heavy atom. The Kier molecular flexibility index (Phi) is 7.87. The van der Waals surface area contributed by atoms with Crippen LogP contribution in [0.25, 0.3) is 28.0 Å². The lowest BCUT2D eigenvalue weighted by Crippen LogP contribution is -2.53. The third-order valence-corrected chi connectivity index (χ3v) is 8.18. The molecule has 43 heavy (non-hydrogen) atoms. The van der Waals surface area contributed by atoms with Crippen molar-refractivity contribution in [3.05, 3.63) is 69.9 Å². The van der Waals surface area contributed by atoms with E-state index in [2.05, 4.69) is 30.2 Å². The maximum absolute atomic E-state index is 14.2. The van der Waals surface area contributed by atoms with Crippen molar-refractivity contribution in [1.29, 1.82) is 0 Å². The van der Waals surface area contributed by atoms with Gasteiger partial charge in [0.15, 0.2) is 11.9 Å². The predicted octanol–water partition coefficient (Wildman–Crippen LogP) is 4.85. The molecule has 1 aromatic carbocycles. The zero-order valence-electron chi connectivity index (χ0n) is 25.4. The zero-order chi connectivity index (χ0) is 30.2. The van der Waals surface area contributed by atoms with E-state index in [4.69, 9.17) is 19.4 Å². The number of carbonyl (C=O) groups excluding carboxylic acids is 1. The minimum atomic E-state index is -0.502. The number of esters is 1. The number of anilines is 1. The Balaban J connectivity index is 1.65. The normalized spacial score (nSPS) is 17.0. The molecule has 1 aliphatic heterocycles. The van der Waals surface area contributed by atoms with Crippen molar-refractivity contribution in [3.63, 3.8) is 0 Å². The second-order valence-electron chi connectivity index (χ2n) is 11.6. The number of fused-ring (bicyclic) bond motifs is 1. The zero-order valence-corrected chi connectivity index (χ0v) is 25.4. The first-order valence-electron chi connectivity index (χ1n) is 15.0. The van der Waals surface area contributed by atoms with Gasteiger partial charge in [-0.1, -0.05) is 32.9 Å². The van der Waals surface area contributed by atoms with Gasteiger partial charge in [0.25, 0.3) is 0 Å². The molecule has 3 aromatic heterocycles. The highest BCUT2D eigenvalue weighted by molar-refractivity contribution is 5.92. The number of ether oxygens (including phenoxy) is 2. The van der Waals surface area contributed by atoms with Crippen LogP contribution in [0.4, 0.5) is 5.82 Å². The molecule has 1 atom stereocenters. The molecule has 10 nitrogen and oxygen atoms in total. The van der Waals surface area contributed by atoms with Crippen LogP contribution in [-0.2, 0) is 9.53 Å². The smallest absolute Gasteiger partial charge is 0.355 e. The van der Waals surface area contributed by atoms with Crippen molar-refractivity contribution in [1.82, 2.24) is 24.8 Å². The Bertz CT molecular complexity index is 1750. The van der Waals surface area contributed by atoms with E-state index in [1.807, 2.05) is 42.2 Å². The highest BCUT2D eigenvalue weighted by Gasteiger charge is 2.32. The molecule has 1 aliphatic carbocycles. The molecule has 0 bridgehead atoms. The number of hydrogen-bond donors (Lipinski definition) is 1. The first-order chi connectivity index (χ1) is 20.8. The van der Waals surface area contributed by atoms with E-state index in [1.165, 1.54) is 0 Å². The minimum absolute atomic E-state index is 0.0677. The van der Waals surface area contributed by atoms with Crippen molar-refractivity contribution < 1.29 is 14.3 Å². The average Bonchev–Trinajstić information content (AvgIpc) is 3.86. The fourth-order valence-corrected chi connectivity index (χ4v) is 5.86. The van der Waals surface area contributed by atoms with Crippen molar-refractivity contribution in [3.8, 4) is 22.7 Å². The molecular formula is C33H38N6O4. The van der Waals surface area contributed by atoms with E-state index in [0.29, 0.717) is 49.1 Å². The van der Waals surface area contributed by atoms with Gasteiger partial charge in [0.05, 0.1) is 36.1 Å². The minimum Gasteiger partial charge on any atom is -0.496 e. The molecule has 4 aromatic rings. The fraction of sp³-hybridized carbons (Fsp3) is 0.424. The Morgan fingerprint density at radius 3 is 2.67 bits per heavy atom. The van der Waals surface area contributed by atoms with Crippen LogP contribution in [0, 0.1) is 6.92 Å². The molecule has 10 heteroatoms. The Hall–Kier alpha value is -4.31. The van der Waals surface area contributed by atoms with Crippen LogP contribution in [0.2, 0.25) is 0 Å². The molecule has 0 amide bonds. The van der Waals surface area contributed by atoms with Gasteiger partial charge in [-0.05, 0) is 67.0 Å². The second-order valence-corrected chi connectivity index (χ2v) is 11.6. The number of para-hydroxylation sites is 1. The van der Waals surface area contributed by atoms with E-state index in [9.17, 15) is 9.59 Å². The van der Waals surface area contributed by atoms with Gasteiger partial charge in [0, 0.05) is 31.3 Å². The summed E-state index contributed by atoms with van der Waals surface area (Å²) in [6, 6.07) is 11.9. The fourth-order valence-electron chi connectivity index (χ4n) is 5.86. The summed E-state index contributed by atoms with van der Waals surface area (Å²) in [5.41, 5.74) is 5.31. The molecule has 1 saturated carbocycles. The standard InChI is InChI=1S/C33H38N6O4/c1-6-27(40)43-26-18-38(16-15-34-26)31-24-17-23(21-11-12-21)29(22-9-7-8-10-25(22)42-5)36-32(24)39(33(41)37-31)30-20(4)13-14-35-28(30)19(2)3/h7-10,13-14,17,19,21,26,34H,6,11-12,15-16,18H2,1-5H3. The average molecular weight is 583 g/mol. The highest BCUT2D eigenvalue weighted by Crippen LogP contribution is 2.47. The number of hydrogen-bond acceptors (Lipinski definition) is 9. The summed E-state index contributed by atoms with van der Waals surface area (Å²) in [7, 11) is 1.66. The van der Waals surface area contributed by atoms with Crippen LogP contribution < -0.4 is 20.6 Å². The first kappa shape index (κ1) is 28.8. The lowest BCUT2D eigenvalue weighted by atomic mass is 9.99. The van der Waals surface area contributed by atoms with Crippen molar-refractivity contribution in [2.75, 3.05) is 31.6 Å². The number of rotatable bonds is 8. The predicted molar refractivity (Wildman–Crippen MR) is 166 cm³/mol. The van der Waals surface area contributed by atoms with Crippen LogP contribution in [0.15, 0.2) is 47.4 Å². The van der Waals surface area contributed by atoms with Crippen LogP contribution in [0.3, 0.4) is 0 Å². The molecule has 6 rings (SSSR count). The van der Waals surface area contributed by atoms with E-state index in [0.717, 1.165) is 52.1 Å². The van der Waals surface area contributed by atoms with E-state index in [1.54, 1.807) is 24.8 Å². The van der Waals surface area contributed by atoms with E-state index in [-0.39, 0.29) is 11.9 Å². The van der Waals surface area contributed by atoms with Crippen LogP contribution in [-0.4, -0.2) is 58.5 Å². The molecule has 1 unspecified atom stereocenters. The maximum atomic E-state index is 14.2. The summed E-state index contributed by atoms with van der Waals surface area (Å²) >= 11 is 0. The Labute approximate surface area is 251 Å². The first-order valence-corrected chi connectivity index (χ1v) is 15.0. The molecule has 2 fully saturated rings. The monoisotopic (exact) mass is 582 g/mol. The lowest BCUT2D eigenvalue weighted by Gasteiger charge is -2.34. The molecular weight excluding hydrogens is 544 g/mol. The van der Waals surface area contributed by atoms with Crippen LogP contribution >= 0.6 is 0 Å². The summed E-state index contributed by atoms with van der Waals surface area (Å²) in [6.45, 7) is 9.44. The quantitative estimate of drug-likeness (QED) is 0.292. The van der Waals surface area contributed by atoms with Gasteiger partial charge in [-0.3, -0.25) is 15.1 Å². The molecule has 0 spiro atoms.